The Balaban J connectivity index is 1.41. The number of aromatic nitrogens is 6. The van der Waals surface area contributed by atoms with Crippen molar-refractivity contribution < 1.29 is 14.1 Å². The Hall–Kier alpha value is -3.49. The average molecular weight is 463 g/mol. The number of carbonyl (C=O) groups is 1. The summed E-state index contributed by atoms with van der Waals surface area (Å²) in [7, 11) is 0. The fraction of sp³-hybridized carbons (Fsp3) is 0.480. The van der Waals surface area contributed by atoms with Gasteiger partial charge in [-0.05, 0) is 50.7 Å². The summed E-state index contributed by atoms with van der Waals surface area (Å²) in [6, 6.07) is 3.96. The summed E-state index contributed by atoms with van der Waals surface area (Å²) < 4.78 is 14.7. The molecule has 9 heteroatoms. The number of hydrogen-bond donors (Lipinski definition) is 0. The fourth-order valence-electron chi connectivity index (χ4n) is 4.70. The van der Waals surface area contributed by atoms with Crippen LogP contribution in [0.5, 0.6) is 0 Å². The van der Waals surface area contributed by atoms with Gasteiger partial charge in [-0.3, -0.25) is 9.48 Å². The second-order valence-electron chi connectivity index (χ2n) is 9.55. The summed E-state index contributed by atoms with van der Waals surface area (Å²) in [5.74, 6) is 0.724. The highest BCUT2D eigenvalue weighted by molar-refractivity contribution is 5.81. The zero-order valence-electron chi connectivity index (χ0n) is 20.2. The molecular weight excluding hydrogens is 432 g/mol. The number of ether oxygens (including phenoxy) is 1. The van der Waals surface area contributed by atoms with Crippen LogP contribution in [0, 0.1) is 5.41 Å². The number of hydrogen-bond acceptors (Lipinski definition) is 7. The number of pyridine rings is 1. The molecule has 178 valence electrons. The van der Waals surface area contributed by atoms with E-state index in [2.05, 4.69) is 40.6 Å². The first-order chi connectivity index (χ1) is 16.4. The topological polar surface area (TPSA) is 101 Å². The number of nitrogens with zero attached hydrogens (tertiary/aromatic N) is 6. The molecule has 0 N–H and O–H groups in total. The van der Waals surface area contributed by atoms with Crippen LogP contribution in [-0.4, -0.2) is 42.0 Å². The highest BCUT2D eigenvalue weighted by Crippen LogP contribution is 2.39. The van der Waals surface area contributed by atoms with Crippen LogP contribution in [0.25, 0.3) is 34.0 Å². The van der Waals surface area contributed by atoms with Crippen molar-refractivity contribution in [3.05, 3.63) is 35.8 Å². The lowest BCUT2D eigenvalue weighted by molar-refractivity contribution is -0.143. The van der Waals surface area contributed by atoms with Crippen LogP contribution in [-0.2, 0) is 35.5 Å². The molecule has 4 aromatic heterocycles. The number of esters is 1. The first-order valence-corrected chi connectivity index (χ1v) is 11.9. The van der Waals surface area contributed by atoms with Gasteiger partial charge in [0, 0.05) is 47.7 Å². The van der Waals surface area contributed by atoms with E-state index in [9.17, 15) is 4.79 Å². The van der Waals surface area contributed by atoms with Gasteiger partial charge in [0.1, 0.15) is 5.65 Å². The molecule has 9 nitrogen and oxygen atoms in total. The first kappa shape index (κ1) is 22.3. The fourth-order valence-corrected chi connectivity index (χ4v) is 4.70. The van der Waals surface area contributed by atoms with Crippen LogP contribution < -0.4 is 0 Å². The number of rotatable bonds is 7. The van der Waals surface area contributed by atoms with Crippen molar-refractivity contribution in [3.63, 3.8) is 0 Å². The monoisotopic (exact) mass is 462 g/mol. The van der Waals surface area contributed by atoms with Crippen LogP contribution in [0.15, 0.2) is 29.0 Å². The van der Waals surface area contributed by atoms with Crippen molar-refractivity contribution in [1.29, 1.82) is 0 Å². The molecule has 4 aromatic rings. The van der Waals surface area contributed by atoms with Gasteiger partial charge in [-0.25, -0.2) is 4.98 Å². The first-order valence-electron chi connectivity index (χ1n) is 11.9. The van der Waals surface area contributed by atoms with Crippen molar-refractivity contribution in [1.82, 2.24) is 29.5 Å². The molecule has 0 aromatic carbocycles. The molecule has 34 heavy (non-hydrogen) atoms. The molecule has 0 amide bonds. The van der Waals surface area contributed by atoms with E-state index in [0.717, 1.165) is 48.1 Å². The molecule has 0 fully saturated rings. The molecule has 0 unspecified atom stereocenters. The van der Waals surface area contributed by atoms with Gasteiger partial charge in [-0.1, -0.05) is 19.0 Å². The van der Waals surface area contributed by atoms with Crippen molar-refractivity contribution in [2.75, 3.05) is 6.61 Å². The van der Waals surface area contributed by atoms with Crippen LogP contribution in [0.3, 0.4) is 0 Å². The SMILES string of the molecule is CCOC(=O)CCn1ccc2cc(-c3noc(-c4nn(CC)c5c4CCC(C)(C)C5)n3)cnc21. The quantitative estimate of drug-likeness (QED) is 0.374. The third-order valence-corrected chi connectivity index (χ3v) is 6.51. The van der Waals surface area contributed by atoms with E-state index in [1.165, 1.54) is 11.3 Å². The van der Waals surface area contributed by atoms with Gasteiger partial charge in [-0.15, -0.1) is 0 Å². The zero-order valence-corrected chi connectivity index (χ0v) is 20.2. The molecule has 0 saturated carbocycles. The van der Waals surface area contributed by atoms with Crippen LogP contribution in [0.2, 0.25) is 0 Å². The normalized spacial score (nSPS) is 14.9. The smallest absolute Gasteiger partial charge is 0.307 e. The van der Waals surface area contributed by atoms with E-state index in [-0.39, 0.29) is 11.4 Å². The van der Waals surface area contributed by atoms with Crippen LogP contribution >= 0.6 is 0 Å². The Morgan fingerprint density at radius 2 is 2.15 bits per heavy atom. The lowest BCUT2D eigenvalue weighted by Crippen LogP contribution is -2.24. The van der Waals surface area contributed by atoms with E-state index >= 15 is 0 Å². The Bertz CT molecular complexity index is 1350. The van der Waals surface area contributed by atoms with E-state index in [0.29, 0.717) is 31.3 Å². The van der Waals surface area contributed by atoms with Gasteiger partial charge in [0.25, 0.3) is 5.89 Å². The highest BCUT2D eigenvalue weighted by atomic mass is 16.5. The summed E-state index contributed by atoms with van der Waals surface area (Å²) in [4.78, 5) is 21.0. The summed E-state index contributed by atoms with van der Waals surface area (Å²) in [6.45, 7) is 10.2. The maximum Gasteiger partial charge on any atom is 0.307 e. The van der Waals surface area contributed by atoms with Crippen molar-refractivity contribution >= 4 is 17.0 Å². The molecular formula is C25H30N6O3. The maximum absolute atomic E-state index is 11.7. The third-order valence-electron chi connectivity index (χ3n) is 6.51. The summed E-state index contributed by atoms with van der Waals surface area (Å²) >= 11 is 0. The van der Waals surface area contributed by atoms with E-state index in [4.69, 9.17) is 14.4 Å². The molecule has 0 aliphatic heterocycles. The van der Waals surface area contributed by atoms with Gasteiger partial charge in [0.2, 0.25) is 5.82 Å². The molecule has 0 spiro atoms. The average Bonchev–Trinajstić information content (AvgIpc) is 3.53. The predicted octanol–water partition coefficient (Wildman–Crippen LogP) is 4.44. The lowest BCUT2D eigenvalue weighted by Gasteiger charge is -2.30. The van der Waals surface area contributed by atoms with Gasteiger partial charge in [0.15, 0.2) is 5.69 Å². The molecule has 4 heterocycles. The van der Waals surface area contributed by atoms with Gasteiger partial charge in [-0.2, -0.15) is 10.1 Å². The number of carbonyl (C=O) groups excluding carboxylic acids is 1. The Kier molecular flexibility index (Phi) is 5.71. The minimum absolute atomic E-state index is 0.212. The van der Waals surface area contributed by atoms with E-state index < -0.39 is 0 Å². The lowest BCUT2D eigenvalue weighted by atomic mass is 9.76. The third kappa shape index (κ3) is 4.10. The highest BCUT2D eigenvalue weighted by Gasteiger charge is 2.32. The molecule has 5 rings (SSSR count). The molecule has 0 saturated heterocycles. The molecule has 1 aliphatic carbocycles. The Morgan fingerprint density at radius 3 is 2.94 bits per heavy atom. The van der Waals surface area contributed by atoms with Crippen molar-refractivity contribution in [3.8, 4) is 23.0 Å². The zero-order chi connectivity index (χ0) is 23.9. The van der Waals surface area contributed by atoms with Gasteiger partial charge in [0.05, 0.1) is 13.0 Å². The molecule has 0 radical (unpaired) electrons. The Labute approximate surface area is 198 Å². The summed E-state index contributed by atoms with van der Waals surface area (Å²) in [5.41, 5.74) is 5.14. The second-order valence-corrected chi connectivity index (χ2v) is 9.55. The molecule has 0 bridgehead atoms. The van der Waals surface area contributed by atoms with Crippen LogP contribution in [0.4, 0.5) is 0 Å². The maximum atomic E-state index is 11.7. The summed E-state index contributed by atoms with van der Waals surface area (Å²) in [5, 5.41) is 9.99. The standard InChI is InChI=1S/C25H30N6O3/c1-5-31-19-14-25(3,4)10-7-18(19)21(28-31)24-27-22(29-34-24)17-13-16-8-11-30(23(16)26-15-17)12-9-20(32)33-6-2/h8,11,13,15H,5-7,9-10,12,14H2,1-4H3. The second kappa shape index (κ2) is 8.70. The Morgan fingerprint density at radius 1 is 1.29 bits per heavy atom. The molecule has 0 atom stereocenters. The minimum atomic E-state index is -0.212. The molecule has 1 aliphatic rings. The predicted molar refractivity (Wildman–Crippen MR) is 127 cm³/mol. The largest absolute Gasteiger partial charge is 0.466 e. The van der Waals surface area contributed by atoms with Gasteiger partial charge >= 0.3 is 5.97 Å². The van der Waals surface area contributed by atoms with Crippen molar-refractivity contribution in [2.45, 2.75) is 66.5 Å². The van der Waals surface area contributed by atoms with Gasteiger partial charge < -0.3 is 13.8 Å². The number of fused-ring (bicyclic) bond motifs is 2. The van der Waals surface area contributed by atoms with E-state index in [1.807, 2.05) is 22.9 Å². The van der Waals surface area contributed by atoms with E-state index in [1.54, 1.807) is 13.1 Å². The van der Waals surface area contributed by atoms with Crippen molar-refractivity contribution in [2.24, 2.45) is 5.41 Å². The summed E-state index contributed by atoms with van der Waals surface area (Å²) in [6.07, 6.45) is 7.03. The van der Waals surface area contributed by atoms with Crippen LogP contribution in [0.1, 0.15) is 51.8 Å². The minimum Gasteiger partial charge on any atom is -0.466 e. The number of aryl methyl sites for hydroxylation is 2.